The molecule has 30 heavy (non-hydrogen) atoms. The van der Waals surface area contributed by atoms with E-state index in [0.717, 1.165) is 29.7 Å². The Hall–Kier alpha value is -2.13. The summed E-state index contributed by atoms with van der Waals surface area (Å²) in [5.41, 5.74) is 8.89. The third kappa shape index (κ3) is 2.07. The smallest absolute Gasteiger partial charge is 0.202 e. The Bertz CT molecular complexity index is 1100. The van der Waals surface area contributed by atoms with E-state index in [0.29, 0.717) is 12.0 Å². The van der Waals surface area contributed by atoms with Gasteiger partial charge in [0.1, 0.15) is 5.69 Å². The zero-order valence-corrected chi connectivity index (χ0v) is 18.2. The molecule has 3 aliphatic heterocycles. The van der Waals surface area contributed by atoms with Crippen LogP contribution < -0.4 is 4.74 Å². The second kappa shape index (κ2) is 5.76. The monoisotopic (exact) mass is 398 g/mol. The van der Waals surface area contributed by atoms with Gasteiger partial charge in [0.15, 0.2) is 5.75 Å². The summed E-state index contributed by atoms with van der Waals surface area (Å²) in [5.74, 6) is 3.35. The summed E-state index contributed by atoms with van der Waals surface area (Å²) in [6.45, 7) is 4.52. The molecular formula is C27H30N2O. The predicted octanol–water partition coefficient (Wildman–Crippen LogP) is 5.81. The number of rotatable bonds is 0. The molecular weight excluding hydrogens is 368 g/mol. The molecule has 4 bridgehead atoms. The van der Waals surface area contributed by atoms with E-state index in [4.69, 9.17) is 9.73 Å². The molecule has 2 aromatic rings. The first kappa shape index (κ1) is 17.5. The summed E-state index contributed by atoms with van der Waals surface area (Å²) in [7, 11) is 2.30. The molecule has 4 fully saturated rings. The molecule has 8 rings (SSSR count). The van der Waals surface area contributed by atoms with Crippen molar-refractivity contribution in [3.8, 4) is 16.9 Å². The summed E-state index contributed by atoms with van der Waals surface area (Å²) in [5, 5.41) is 0. The van der Waals surface area contributed by atoms with Crippen LogP contribution in [0.1, 0.15) is 54.4 Å². The number of aliphatic imine (C=N–C) groups is 1. The van der Waals surface area contributed by atoms with Gasteiger partial charge in [-0.1, -0.05) is 24.3 Å². The summed E-state index contributed by atoms with van der Waals surface area (Å²) in [6.07, 6.45) is 9.93. The molecule has 3 heterocycles. The second-order valence-electron chi connectivity index (χ2n) is 10.6. The molecule has 3 heteroatoms. The van der Waals surface area contributed by atoms with Crippen molar-refractivity contribution in [2.75, 3.05) is 7.05 Å². The molecule has 154 valence electrons. The van der Waals surface area contributed by atoms with E-state index in [9.17, 15) is 0 Å². The van der Waals surface area contributed by atoms with Crippen molar-refractivity contribution in [2.45, 2.75) is 64.1 Å². The highest BCUT2D eigenvalue weighted by Gasteiger charge is 2.56. The predicted molar refractivity (Wildman–Crippen MR) is 121 cm³/mol. The highest BCUT2D eigenvalue weighted by atomic mass is 16.5. The second-order valence-corrected chi connectivity index (χ2v) is 10.6. The van der Waals surface area contributed by atoms with Gasteiger partial charge in [-0.15, -0.1) is 0 Å². The lowest BCUT2D eigenvalue weighted by molar-refractivity contribution is -0.0628. The lowest BCUT2D eigenvalue weighted by atomic mass is 9.67. The van der Waals surface area contributed by atoms with Crippen LogP contribution in [0.2, 0.25) is 0 Å². The van der Waals surface area contributed by atoms with Crippen LogP contribution in [0.25, 0.3) is 11.1 Å². The normalized spacial score (nSPS) is 35.2. The number of hydrogen-bond acceptors (Lipinski definition) is 3. The van der Waals surface area contributed by atoms with E-state index in [-0.39, 0.29) is 5.72 Å². The summed E-state index contributed by atoms with van der Waals surface area (Å²) in [4.78, 5) is 7.81. The van der Waals surface area contributed by atoms with Crippen molar-refractivity contribution in [2.24, 2.45) is 22.7 Å². The molecule has 6 aliphatic rings. The van der Waals surface area contributed by atoms with E-state index < -0.39 is 0 Å². The van der Waals surface area contributed by atoms with Gasteiger partial charge < -0.3 is 4.74 Å². The Morgan fingerprint density at radius 2 is 1.77 bits per heavy atom. The number of fused-ring (bicyclic) bond motifs is 5. The van der Waals surface area contributed by atoms with Crippen LogP contribution in [0.5, 0.6) is 5.75 Å². The van der Waals surface area contributed by atoms with E-state index in [1.54, 1.807) is 0 Å². The molecule has 3 unspecified atom stereocenters. The molecule has 3 aliphatic carbocycles. The van der Waals surface area contributed by atoms with Crippen molar-refractivity contribution in [3.05, 3.63) is 46.5 Å². The molecule has 0 N–H and O–H groups in total. The van der Waals surface area contributed by atoms with Crippen LogP contribution in [0.4, 0.5) is 5.69 Å². The first-order valence-corrected chi connectivity index (χ1v) is 11.8. The van der Waals surface area contributed by atoms with Crippen molar-refractivity contribution in [1.29, 1.82) is 0 Å². The highest BCUT2D eigenvalue weighted by molar-refractivity contribution is 5.94. The van der Waals surface area contributed by atoms with Gasteiger partial charge in [-0.25, -0.2) is 0 Å². The SMILES string of the molecule is Cc1c(C)c2c(c3c1Cc1ccccc1-3)N=CC1(O2)C2CC3CC(CC(C3)N1C)C2. The zero-order chi connectivity index (χ0) is 20.2. The van der Waals surface area contributed by atoms with Crippen LogP contribution >= 0.6 is 0 Å². The lowest BCUT2D eigenvalue weighted by Gasteiger charge is -2.46. The Kier molecular flexibility index (Phi) is 3.37. The average molecular weight is 399 g/mol. The van der Waals surface area contributed by atoms with Crippen molar-refractivity contribution in [1.82, 2.24) is 4.90 Å². The van der Waals surface area contributed by atoms with E-state index >= 15 is 0 Å². The summed E-state index contributed by atoms with van der Waals surface area (Å²) in [6, 6.07) is 9.46. The molecule has 2 saturated carbocycles. The van der Waals surface area contributed by atoms with Gasteiger partial charge >= 0.3 is 0 Å². The number of nitrogens with zero attached hydrogens (tertiary/aromatic N) is 2. The number of benzene rings is 2. The number of ether oxygens (including phenoxy) is 1. The Morgan fingerprint density at radius 1 is 1.00 bits per heavy atom. The topological polar surface area (TPSA) is 24.8 Å². The van der Waals surface area contributed by atoms with Crippen molar-refractivity contribution >= 4 is 11.9 Å². The van der Waals surface area contributed by atoms with Gasteiger partial charge in [0.2, 0.25) is 5.72 Å². The molecule has 1 spiro atoms. The zero-order valence-electron chi connectivity index (χ0n) is 18.2. The van der Waals surface area contributed by atoms with Gasteiger partial charge in [-0.2, -0.15) is 0 Å². The van der Waals surface area contributed by atoms with Gasteiger partial charge in [0.05, 0.1) is 6.21 Å². The summed E-state index contributed by atoms with van der Waals surface area (Å²) >= 11 is 0. The minimum Gasteiger partial charge on any atom is -0.464 e. The Morgan fingerprint density at radius 3 is 2.57 bits per heavy atom. The maximum Gasteiger partial charge on any atom is 0.202 e. The lowest BCUT2D eigenvalue weighted by Crippen LogP contribution is -2.59. The van der Waals surface area contributed by atoms with Crippen molar-refractivity contribution < 1.29 is 4.74 Å². The van der Waals surface area contributed by atoms with Crippen LogP contribution in [0, 0.1) is 31.6 Å². The minimum absolute atomic E-state index is 0.370. The first-order chi connectivity index (χ1) is 14.5. The van der Waals surface area contributed by atoms with Gasteiger partial charge in [-0.3, -0.25) is 9.89 Å². The fourth-order valence-corrected chi connectivity index (χ4v) is 7.63. The molecule has 2 saturated heterocycles. The maximum absolute atomic E-state index is 7.16. The third-order valence-corrected chi connectivity index (χ3v) is 9.20. The summed E-state index contributed by atoms with van der Waals surface area (Å²) < 4.78 is 7.16. The molecule has 2 aromatic carbocycles. The average Bonchev–Trinajstić information content (AvgIpc) is 3.10. The standard InChI is InChI=1S/C27H30N2O/c1-15-16(2)26-25(24-22-7-5-4-6-19(22)13-23(15)24)28-14-27(30-26)20-9-17-8-18(10-20)12-21(11-17)29(27)3/h4-7,14,17-18,20-21H,8-13H2,1-3H3. The first-order valence-electron chi connectivity index (χ1n) is 11.8. The third-order valence-electron chi connectivity index (χ3n) is 9.20. The molecule has 3 nitrogen and oxygen atoms in total. The maximum atomic E-state index is 7.16. The van der Waals surface area contributed by atoms with Crippen molar-refractivity contribution in [3.63, 3.8) is 0 Å². The Labute approximate surface area is 179 Å². The van der Waals surface area contributed by atoms with Crippen LogP contribution in [0.3, 0.4) is 0 Å². The van der Waals surface area contributed by atoms with E-state index in [2.05, 4.69) is 56.3 Å². The quantitative estimate of drug-likeness (QED) is 0.478. The highest BCUT2D eigenvalue weighted by Crippen LogP contribution is 2.57. The van der Waals surface area contributed by atoms with Crippen LogP contribution in [-0.2, 0) is 6.42 Å². The number of hydrogen-bond donors (Lipinski definition) is 0. The van der Waals surface area contributed by atoms with Gasteiger partial charge in [0.25, 0.3) is 0 Å². The van der Waals surface area contributed by atoms with Crippen LogP contribution in [0.15, 0.2) is 29.3 Å². The fraction of sp³-hybridized carbons (Fsp3) is 0.519. The minimum atomic E-state index is -0.370. The molecule has 0 amide bonds. The van der Waals surface area contributed by atoms with Crippen LogP contribution in [-0.4, -0.2) is 29.9 Å². The van der Waals surface area contributed by atoms with E-state index in [1.165, 1.54) is 65.5 Å². The van der Waals surface area contributed by atoms with E-state index in [1.807, 2.05) is 0 Å². The van der Waals surface area contributed by atoms with Gasteiger partial charge in [-0.05, 0) is 99.1 Å². The Balaban J connectivity index is 1.43. The molecule has 0 aromatic heterocycles. The largest absolute Gasteiger partial charge is 0.464 e. The molecule has 0 radical (unpaired) electrons. The van der Waals surface area contributed by atoms with Gasteiger partial charge in [0, 0.05) is 17.5 Å². The molecule has 3 atom stereocenters. The fourth-order valence-electron chi connectivity index (χ4n) is 7.63.